The molecule has 1 aromatic heterocycles. The molecule has 3 nitrogen and oxygen atoms in total. The van der Waals surface area contributed by atoms with Crippen LogP contribution in [-0.4, -0.2) is 12.1 Å². The van der Waals surface area contributed by atoms with Crippen LogP contribution >= 0.6 is 23.2 Å². The Morgan fingerprint density at radius 2 is 2.00 bits per heavy atom. The molecule has 0 bridgehead atoms. The lowest BCUT2D eigenvalue weighted by atomic mass is 10.3. The lowest BCUT2D eigenvalue weighted by molar-refractivity contribution is 0.415. The molecule has 1 aromatic carbocycles. The number of hydrogen-bond acceptors (Lipinski definition) is 3. The molecule has 0 unspecified atom stereocenters. The van der Waals surface area contributed by atoms with Crippen molar-refractivity contribution in [2.45, 2.75) is 0 Å². The first-order valence-electron chi connectivity index (χ1n) is 4.91. The highest BCUT2D eigenvalue weighted by molar-refractivity contribution is 6.33. The molecule has 2 aromatic rings. The van der Waals surface area contributed by atoms with Gasteiger partial charge in [0.25, 0.3) is 0 Å². The second-order valence-corrected chi connectivity index (χ2v) is 4.13. The molecule has 0 aliphatic heterocycles. The minimum absolute atomic E-state index is 0.425. The highest BCUT2D eigenvalue weighted by Crippen LogP contribution is 2.29. The van der Waals surface area contributed by atoms with Gasteiger partial charge in [-0.25, -0.2) is 4.98 Å². The van der Waals surface area contributed by atoms with Gasteiger partial charge < -0.3 is 10.1 Å². The molecule has 0 aliphatic carbocycles. The maximum atomic E-state index is 6.08. The molecule has 0 saturated carbocycles. The molecule has 0 spiro atoms. The standard InChI is InChI=1S/C12H10Cl2N2O/c1-17-9-2-3-10(13)11(7-9)16-8-4-5-15-12(14)6-8/h2-7H,1H3,(H,15,16). The van der Waals surface area contributed by atoms with Gasteiger partial charge in [0.15, 0.2) is 0 Å². The van der Waals surface area contributed by atoms with E-state index in [0.717, 1.165) is 17.1 Å². The quantitative estimate of drug-likeness (QED) is 0.850. The molecule has 17 heavy (non-hydrogen) atoms. The number of nitrogens with one attached hydrogen (secondary N) is 1. The van der Waals surface area contributed by atoms with Crippen molar-refractivity contribution < 1.29 is 4.74 Å². The second-order valence-electron chi connectivity index (χ2n) is 3.34. The van der Waals surface area contributed by atoms with Crippen LogP contribution in [-0.2, 0) is 0 Å². The molecule has 1 N–H and O–H groups in total. The largest absolute Gasteiger partial charge is 0.497 e. The van der Waals surface area contributed by atoms with Crippen molar-refractivity contribution in [2.24, 2.45) is 0 Å². The number of hydrogen-bond donors (Lipinski definition) is 1. The molecular weight excluding hydrogens is 259 g/mol. The van der Waals surface area contributed by atoms with E-state index in [-0.39, 0.29) is 0 Å². The van der Waals surface area contributed by atoms with Crippen molar-refractivity contribution in [1.29, 1.82) is 0 Å². The third-order valence-electron chi connectivity index (χ3n) is 2.18. The molecule has 0 saturated heterocycles. The minimum Gasteiger partial charge on any atom is -0.497 e. The fourth-order valence-corrected chi connectivity index (χ4v) is 1.70. The first-order valence-corrected chi connectivity index (χ1v) is 5.67. The summed E-state index contributed by atoms with van der Waals surface area (Å²) in [7, 11) is 1.61. The van der Waals surface area contributed by atoms with E-state index >= 15 is 0 Å². The number of methoxy groups -OCH3 is 1. The number of rotatable bonds is 3. The zero-order valence-electron chi connectivity index (χ0n) is 9.08. The molecule has 0 aliphatic rings. The van der Waals surface area contributed by atoms with Gasteiger partial charge in [0.05, 0.1) is 17.8 Å². The summed E-state index contributed by atoms with van der Waals surface area (Å²) in [5.74, 6) is 0.733. The zero-order valence-corrected chi connectivity index (χ0v) is 10.6. The lowest BCUT2D eigenvalue weighted by Crippen LogP contribution is -1.93. The van der Waals surface area contributed by atoms with Gasteiger partial charge >= 0.3 is 0 Å². The van der Waals surface area contributed by atoms with Gasteiger partial charge in [0, 0.05) is 18.0 Å². The van der Waals surface area contributed by atoms with E-state index in [1.165, 1.54) is 0 Å². The van der Waals surface area contributed by atoms with Gasteiger partial charge in [-0.2, -0.15) is 0 Å². The third-order valence-corrected chi connectivity index (χ3v) is 2.72. The van der Waals surface area contributed by atoms with Crippen LogP contribution in [0.4, 0.5) is 11.4 Å². The summed E-state index contributed by atoms with van der Waals surface area (Å²) in [6.07, 6.45) is 1.62. The molecule has 0 radical (unpaired) electrons. The van der Waals surface area contributed by atoms with E-state index in [9.17, 15) is 0 Å². The van der Waals surface area contributed by atoms with Gasteiger partial charge in [-0.05, 0) is 24.3 Å². The Kier molecular flexibility index (Phi) is 3.71. The van der Waals surface area contributed by atoms with E-state index in [1.54, 1.807) is 31.5 Å². The Morgan fingerprint density at radius 3 is 2.71 bits per heavy atom. The summed E-state index contributed by atoms with van der Waals surface area (Å²) in [6, 6.07) is 8.91. The summed E-state index contributed by atoms with van der Waals surface area (Å²) in [5.41, 5.74) is 1.58. The highest BCUT2D eigenvalue weighted by Gasteiger charge is 2.03. The smallest absolute Gasteiger partial charge is 0.131 e. The number of nitrogens with zero attached hydrogens (tertiary/aromatic N) is 1. The highest BCUT2D eigenvalue weighted by atomic mass is 35.5. The maximum absolute atomic E-state index is 6.08. The molecule has 0 amide bonds. The first-order chi connectivity index (χ1) is 8.19. The van der Waals surface area contributed by atoms with Gasteiger partial charge in [-0.3, -0.25) is 0 Å². The van der Waals surface area contributed by atoms with Crippen LogP contribution in [0.5, 0.6) is 5.75 Å². The monoisotopic (exact) mass is 268 g/mol. The van der Waals surface area contributed by atoms with Crippen molar-refractivity contribution in [3.05, 3.63) is 46.7 Å². The maximum Gasteiger partial charge on any atom is 0.131 e. The van der Waals surface area contributed by atoms with E-state index < -0.39 is 0 Å². The fraction of sp³-hybridized carbons (Fsp3) is 0.0833. The number of aromatic nitrogens is 1. The lowest BCUT2D eigenvalue weighted by Gasteiger charge is -2.10. The molecule has 1 heterocycles. The SMILES string of the molecule is COc1ccc(Cl)c(Nc2ccnc(Cl)c2)c1. The summed E-state index contributed by atoms with van der Waals surface area (Å²) in [6.45, 7) is 0. The topological polar surface area (TPSA) is 34.1 Å². The number of anilines is 2. The van der Waals surface area contributed by atoms with E-state index in [1.807, 2.05) is 12.1 Å². The molecule has 5 heteroatoms. The van der Waals surface area contributed by atoms with Crippen LogP contribution in [0, 0.1) is 0 Å². The van der Waals surface area contributed by atoms with Crippen molar-refractivity contribution in [1.82, 2.24) is 4.98 Å². The van der Waals surface area contributed by atoms with Gasteiger partial charge in [0.1, 0.15) is 10.9 Å². The van der Waals surface area contributed by atoms with Crippen LogP contribution in [0.25, 0.3) is 0 Å². The minimum atomic E-state index is 0.425. The average Bonchev–Trinajstić information content (AvgIpc) is 2.32. The second kappa shape index (κ2) is 5.25. The van der Waals surface area contributed by atoms with Crippen LogP contribution in [0.15, 0.2) is 36.5 Å². The summed E-state index contributed by atoms with van der Waals surface area (Å²) < 4.78 is 5.13. The molecular formula is C12H10Cl2N2O. The normalized spacial score (nSPS) is 10.1. The molecule has 0 fully saturated rings. The molecule has 0 atom stereocenters. The Morgan fingerprint density at radius 1 is 1.18 bits per heavy atom. The third kappa shape index (κ3) is 3.02. The van der Waals surface area contributed by atoms with E-state index in [0.29, 0.717) is 10.2 Å². The zero-order chi connectivity index (χ0) is 12.3. The predicted molar refractivity (Wildman–Crippen MR) is 70.5 cm³/mol. The first kappa shape index (κ1) is 12.0. The Balaban J connectivity index is 2.29. The van der Waals surface area contributed by atoms with Crippen molar-refractivity contribution in [2.75, 3.05) is 12.4 Å². The van der Waals surface area contributed by atoms with E-state index in [4.69, 9.17) is 27.9 Å². The number of halogens is 2. The van der Waals surface area contributed by atoms with Crippen LogP contribution in [0.1, 0.15) is 0 Å². The predicted octanol–water partition coefficient (Wildman–Crippen LogP) is 4.14. The van der Waals surface area contributed by atoms with Crippen molar-refractivity contribution in [3.63, 3.8) is 0 Å². The van der Waals surface area contributed by atoms with Gasteiger partial charge in [-0.15, -0.1) is 0 Å². The summed E-state index contributed by atoms with van der Waals surface area (Å²) >= 11 is 11.9. The number of benzene rings is 1. The Labute approximate surface area is 109 Å². The van der Waals surface area contributed by atoms with Crippen LogP contribution in [0.3, 0.4) is 0 Å². The summed E-state index contributed by atoms with van der Waals surface area (Å²) in [4.78, 5) is 3.91. The van der Waals surface area contributed by atoms with Crippen LogP contribution in [0.2, 0.25) is 10.2 Å². The number of ether oxygens (including phenoxy) is 1. The van der Waals surface area contributed by atoms with Gasteiger partial charge in [-0.1, -0.05) is 23.2 Å². The van der Waals surface area contributed by atoms with E-state index in [2.05, 4.69) is 10.3 Å². The Bertz CT molecular complexity index is 532. The average molecular weight is 269 g/mol. The number of pyridine rings is 1. The van der Waals surface area contributed by atoms with Gasteiger partial charge in [0.2, 0.25) is 0 Å². The van der Waals surface area contributed by atoms with Crippen molar-refractivity contribution in [3.8, 4) is 5.75 Å². The molecule has 2 rings (SSSR count). The Hall–Kier alpha value is -1.45. The van der Waals surface area contributed by atoms with Crippen LogP contribution < -0.4 is 10.1 Å². The summed E-state index contributed by atoms with van der Waals surface area (Å²) in [5, 5.41) is 4.19. The molecule has 88 valence electrons. The van der Waals surface area contributed by atoms with Crippen molar-refractivity contribution >= 4 is 34.6 Å². The fourth-order valence-electron chi connectivity index (χ4n) is 1.36.